The summed E-state index contributed by atoms with van der Waals surface area (Å²) in [6.07, 6.45) is -1.99. The van der Waals surface area contributed by atoms with Gasteiger partial charge in [-0.2, -0.15) is 0 Å². The monoisotopic (exact) mass is 409 g/mol. The van der Waals surface area contributed by atoms with Gasteiger partial charge in [0.1, 0.15) is 0 Å². The van der Waals surface area contributed by atoms with Gasteiger partial charge in [-0.1, -0.05) is 0 Å². The van der Waals surface area contributed by atoms with Crippen LogP contribution in [0.2, 0.25) is 0 Å². The molecule has 134 valence electrons. The third kappa shape index (κ3) is 6.96. The zero-order chi connectivity index (χ0) is 18.0. The summed E-state index contributed by atoms with van der Waals surface area (Å²) >= 11 is 0. The summed E-state index contributed by atoms with van der Waals surface area (Å²) in [5, 5.41) is -2.27. The van der Waals surface area contributed by atoms with Gasteiger partial charge in [-0.3, -0.25) is 13.7 Å². The lowest BCUT2D eigenvalue weighted by Crippen LogP contribution is -2.32. The Labute approximate surface area is 123 Å². The predicted octanol–water partition coefficient (Wildman–Crippen LogP) is -1.43. The lowest BCUT2D eigenvalue weighted by Gasteiger charge is -2.34. The van der Waals surface area contributed by atoms with E-state index in [1.54, 1.807) is 5.09 Å². The van der Waals surface area contributed by atoms with Gasteiger partial charge in [0.15, 0.2) is 0 Å². The van der Waals surface area contributed by atoms with E-state index in [4.69, 9.17) is 39.1 Å². The highest BCUT2D eigenvalue weighted by atomic mass is 31.2. The molecule has 0 aromatic carbocycles. The first-order valence-corrected chi connectivity index (χ1v) is 11.5. The number of rotatable bonds is 9. The van der Waals surface area contributed by atoms with Crippen LogP contribution in [0.25, 0.3) is 0 Å². The molecule has 0 unspecified atom stereocenters. The first-order valence-electron chi connectivity index (χ1n) is 5.09. The van der Waals surface area contributed by atoms with Gasteiger partial charge in [-0.25, -0.2) is 14.2 Å². The maximum atomic E-state index is 11.3. The van der Waals surface area contributed by atoms with Gasteiger partial charge in [0, 0.05) is 13.0 Å². The zero-order valence-corrected chi connectivity index (χ0v) is 14.1. The lowest BCUT2D eigenvalue weighted by molar-refractivity contribution is 0.0990. The molecule has 0 aliphatic heterocycles. The van der Waals surface area contributed by atoms with E-state index in [9.17, 15) is 18.3 Å². The van der Waals surface area contributed by atoms with Crippen LogP contribution in [0.4, 0.5) is 0 Å². The van der Waals surface area contributed by atoms with Crippen molar-refractivity contribution in [1.29, 1.82) is 0 Å². The van der Waals surface area contributed by atoms with Crippen LogP contribution in [0.1, 0.15) is 12.8 Å². The van der Waals surface area contributed by atoms with Crippen molar-refractivity contribution in [3.63, 3.8) is 0 Å². The second kappa shape index (κ2) is 7.18. The van der Waals surface area contributed by atoms with Crippen molar-refractivity contribution in [2.45, 2.75) is 17.9 Å². The average molecular weight is 409 g/mol. The number of hydrogen-bond acceptors (Lipinski definition) is 5. The third-order valence-electron chi connectivity index (χ3n) is 2.17. The maximum Gasteiger partial charge on any atom is 0.471 e. The second-order valence-electron chi connectivity index (χ2n) is 3.97. The molecule has 0 saturated carbocycles. The molecule has 0 aliphatic rings. The smallest absolute Gasteiger partial charge is 0.322 e. The fourth-order valence-corrected chi connectivity index (χ4v) is 6.01. The Balaban J connectivity index is 5.51. The first kappa shape index (κ1) is 22.5. The molecule has 22 heavy (non-hydrogen) atoms. The van der Waals surface area contributed by atoms with E-state index in [1.165, 1.54) is 0 Å². The fourth-order valence-electron chi connectivity index (χ4n) is 1.35. The molecule has 0 atom stereocenters. The molecular weight excluding hydrogens is 394 g/mol. The number of nitrogens with one attached hydrogen (secondary N) is 1. The molecule has 0 bridgehead atoms. The summed E-state index contributed by atoms with van der Waals surface area (Å²) in [7, 11) is -22.2. The Morgan fingerprint density at radius 3 is 1.50 bits per heavy atom. The molecule has 9 N–H and O–H groups in total. The van der Waals surface area contributed by atoms with Crippen LogP contribution < -0.4 is 5.09 Å². The molecule has 0 aromatic heterocycles. The predicted molar refractivity (Wildman–Crippen MR) is 69.2 cm³/mol. The number of phosphoric ester groups is 1. The lowest BCUT2D eigenvalue weighted by atomic mass is 10.3. The standard InChI is InChI=1S/C4H15NO13P4/c6-19(7,8)4(20(9,10)11,18-22(15,16)17)2-1-3-5-21(12,13)14/h1-3H2,(H2,6,7,8)(H2,9,10,11)(H2,15,16,17)(H3,5,12,13,14). The van der Waals surface area contributed by atoms with Crippen molar-refractivity contribution in [1.82, 2.24) is 5.09 Å². The van der Waals surface area contributed by atoms with Crippen molar-refractivity contribution in [3.8, 4) is 0 Å². The minimum absolute atomic E-state index is 0.670. The van der Waals surface area contributed by atoms with Crippen LogP contribution in [0.3, 0.4) is 0 Å². The van der Waals surface area contributed by atoms with Gasteiger partial charge in [0.2, 0.25) is 0 Å². The van der Waals surface area contributed by atoms with Crippen LogP contribution in [-0.2, 0) is 22.8 Å². The molecule has 0 radical (unpaired) electrons. The van der Waals surface area contributed by atoms with Crippen LogP contribution in [0.15, 0.2) is 0 Å². The van der Waals surface area contributed by atoms with Crippen molar-refractivity contribution < 1.29 is 61.9 Å². The molecule has 0 aromatic rings. The normalized spacial score (nSPS) is 15.1. The van der Waals surface area contributed by atoms with Crippen molar-refractivity contribution in [3.05, 3.63) is 0 Å². The van der Waals surface area contributed by atoms with E-state index < -0.39 is 55.2 Å². The summed E-state index contributed by atoms with van der Waals surface area (Å²) < 4.78 is 47.6. The van der Waals surface area contributed by atoms with E-state index in [0.29, 0.717) is 0 Å². The Kier molecular flexibility index (Phi) is 7.35. The van der Waals surface area contributed by atoms with Crippen LogP contribution in [-0.4, -0.2) is 50.8 Å². The van der Waals surface area contributed by atoms with Gasteiger partial charge in [0.25, 0.3) is 5.08 Å². The van der Waals surface area contributed by atoms with Crippen LogP contribution in [0, 0.1) is 0 Å². The Hall–Kier alpha value is 0.520. The first-order chi connectivity index (χ1) is 9.41. The van der Waals surface area contributed by atoms with Crippen molar-refractivity contribution in [2.75, 3.05) is 6.54 Å². The molecule has 0 fully saturated rings. The quantitative estimate of drug-likeness (QED) is 0.156. The Bertz CT molecular complexity index is 541. The van der Waals surface area contributed by atoms with E-state index in [1.807, 2.05) is 0 Å². The van der Waals surface area contributed by atoms with Gasteiger partial charge >= 0.3 is 30.8 Å². The maximum absolute atomic E-state index is 11.3. The van der Waals surface area contributed by atoms with Crippen LogP contribution in [0.5, 0.6) is 0 Å². The number of hydrogen-bond donors (Lipinski definition) is 9. The molecule has 0 saturated heterocycles. The molecular formula is C4H15NO13P4. The average Bonchev–Trinajstić information content (AvgIpc) is 2.15. The SMILES string of the molecule is O=P(O)(O)NCCCC(OP(=O)(O)O)(P(=O)(O)O)P(=O)(O)O. The fraction of sp³-hybridized carbons (Fsp3) is 1.00. The molecule has 14 nitrogen and oxygen atoms in total. The number of phosphoric acid groups is 1. The van der Waals surface area contributed by atoms with Crippen LogP contribution >= 0.6 is 30.8 Å². The Morgan fingerprint density at radius 2 is 1.23 bits per heavy atom. The van der Waals surface area contributed by atoms with Gasteiger partial charge < -0.3 is 39.1 Å². The molecule has 0 amide bonds. The van der Waals surface area contributed by atoms with Gasteiger partial charge in [-0.15, -0.1) is 0 Å². The Morgan fingerprint density at radius 1 is 0.818 bits per heavy atom. The van der Waals surface area contributed by atoms with E-state index in [0.717, 1.165) is 0 Å². The van der Waals surface area contributed by atoms with E-state index >= 15 is 0 Å². The van der Waals surface area contributed by atoms with Crippen molar-refractivity contribution in [2.24, 2.45) is 0 Å². The van der Waals surface area contributed by atoms with Crippen molar-refractivity contribution >= 4 is 30.8 Å². The third-order valence-corrected chi connectivity index (χ3v) is 7.66. The van der Waals surface area contributed by atoms with E-state index in [2.05, 4.69) is 4.52 Å². The highest BCUT2D eigenvalue weighted by Crippen LogP contribution is 2.74. The molecule has 0 rings (SSSR count). The largest absolute Gasteiger partial charge is 0.471 e. The second-order valence-corrected chi connectivity index (χ2v) is 10.5. The van der Waals surface area contributed by atoms with E-state index in [-0.39, 0.29) is 0 Å². The molecule has 0 aliphatic carbocycles. The van der Waals surface area contributed by atoms with Gasteiger partial charge in [-0.05, 0) is 6.42 Å². The highest BCUT2D eigenvalue weighted by Gasteiger charge is 2.64. The van der Waals surface area contributed by atoms with Gasteiger partial charge in [0.05, 0.1) is 0 Å². The molecule has 18 heteroatoms. The minimum atomic E-state index is -5.91. The summed E-state index contributed by atoms with van der Waals surface area (Å²) in [4.78, 5) is 70.5. The summed E-state index contributed by atoms with van der Waals surface area (Å²) in [6.45, 7) is -0.670. The highest BCUT2D eigenvalue weighted by molar-refractivity contribution is 7.72. The zero-order valence-electron chi connectivity index (χ0n) is 10.5. The molecule has 0 heterocycles. The molecule has 0 spiro atoms. The summed E-state index contributed by atoms with van der Waals surface area (Å²) in [5.74, 6) is 0. The topological polar surface area (TPSA) is 251 Å². The minimum Gasteiger partial charge on any atom is -0.322 e. The summed E-state index contributed by atoms with van der Waals surface area (Å²) in [5.41, 5.74) is 0. The summed E-state index contributed by atoms with van der Waals surface area (Å²) in [6, 6.07) is 0.